The minimum absolute atomic E-state index is 0.527. The van der Waals surface area contributed by atoms with Gasteiger partial charge >= 0.3 is 0 Å². The molecule has 0 bridgehead atoms. The molecule has 0 unspecified atom stereocenters. The van der Waals surface area contributed by atoms with E-state index in [1.807, 2.05) is 13.8 Å². The summed E-state index contributed by atoms with van der Waals surface area (Å²) in [5, 5.41) is 0. The number of ether oxygens (including phenoxy) is 2. The first-order valence-corrected chi connectivity index (χ1v) is 8.53. The van der Waals surface area contributed by atoms with Crippen LogP contribution in [0.15, 0.2) is 18.2 Å². The number of hydrogen-bond acceptors (Lipinski definition) is 3. The van der Waals surface area contributed by atoms with Gasteiger partial charge in [-0.3, -0.25) is 0 Å². The summed E-state index contributed by atoms with van der Waals surface area (Å²) in [7, 11) is -0.750. The summed E-state index contributed by atoms with van der Waals surface area (Å²) in [5.41, 5.74) is 0.683. The van der Waals surface area contributed by atoms with Crippen LogP contribution in [-0.2, 0) is 20.3 Å². The molecule has 0 saturated carbocycles. The molecule has 114 valence electrons. The van der Waals surface area contributed by atoms with Crippen molar-refractivity contribution in [1.82, 2.24) is 0 Å². The topological polar surface area (TPSA) is 27.7 Å². The van der Waals surface area contributed by atoms with Gasteiger partial charge in [-0.2, -0.15) is 0 Å². The Morgan fingerprint density at radius 3 is 2.20 bits per heavy atom. The van der Waals surface area contributed by atoms with E-state index in [0.717, 1.165) is 18.5 Å². The van der Waals surface area contributed by atoms with Crippen molar-refractivity contribution in [3.8, 4) is 0 Å². The molecule has 3 nitrogen and oxygen atoms in total. The summed E-state index contributed by atoms with van der Waals surface area (Å²) in [6.45, 7) is 4.29. The molecule has 1 aromatic rings. The molecular formula is C14H22F2O3Si. The van der Waals surface area contributed by atoms with Gasteiger partial charge in [0.05, 0.1) is 0 Å². The minimum atomic E-state index is -0.750. The number of hydrogen-bond donors (Lipinski definition) is 0. The minimum Gasteiger partial charge on any atom is -0.379 e. The summed E-state index contributed by atoms with van der Waals surface area (Å²) >= 11 is 0. The van der Waals surface area contributed by atoms with Crippen molar-refractivity contribution in [2.24, 2.45) is 0 Å². The molecule has 0 atom stereocenters. The van der Waals surface area contributed by atoms with Gasteiger partial charge in [-0.1, -0.05) is 6.42 Å². The molecule has 0 aromatic heterocycles. The summed E-state index contributed by atoms with van der Waals surface area (Å²) in [6, 6.07) is 4.54. The van der Waals surface area contributed by atoms with E-state index in [1.54, 1.807) is 0 Å². The van der Waals surface area contributed by atoms with Crippen molar-refractivity contribution in [2.45, 2.75) is 39.2 Å². The molecule has 0 heterocycles. The van der Waals surface area contributed by atoms with Crippen LogP contribution in [0.2, 0.25) is 6.04 Å². The molecule has 0 spiro atoms. The van der Waals surface area contributed by atoms with Gasteiger partial charge in [0.1, 0.15) is 11.6 Å². The maximum Gasteiger partial charge on any atom is 0.261 e. The van der Waals surface area contributed by atoms with Gasteiger partial charge in [0.25, 0.3) is 6.48 Å². The zero-order valence-corrected chi connectivity index (χ0v) is 13.4. The summed E-state index contributed by atoms with van der Waals surface area (Å²) in [4.78, 5) is 0. The van der Waals surface area contributed by atoms with Gasteiger partial charge < -0.3 is 13.9 Å². The van der Waals surface area contributed by atoms with Crippen LogP contribution in [-0.4, -0.2) is 29.5 Å². The fourth-order valence-corrected chi connectivity index (χ4v) is 2.79. The number of rotatable bonds is 10. The zero-order valence-electron chi connectivity index (χ0n) is 12.0. The van der Waals surface area contributed by atoms with E-state index in [2.05, 4.69) is 0 Å². The van der Waals surface area contributed by atoms with Crippen molar-refractivity contribution >= 4 is 9.76 Å². The fourth-order valence-electron chi connectivity index (χ4n) is 1.78. The smallest absolute Gasteiger partial charge is 0.261 e. The molecule has 0 aliphatic carbocycles. The third-order valence-corrected chi connectivity index (χ3v) is 3.94. The van der Waals surface area contributed by atoms with Crippen LogP contribution in [0.5, 0.6) is 0 Å². The van der Waals surface area contributed by atoms with E-state index in [1.165, 1.54) is 12.1 Å². The zero-order chi connectivity index (χ0) is 14.8. The van der Waals surface area contributed by atoms with E-state index >= 15 is 0 Å². The SMILES string of the molecule is CCOC(OCC)O[SiH2]CCCc1cc(F)cc(F)c1. The Labute approximate surface area is 121 Å². The highest BCUT2D eigenvalue weighted by Gasteiger charge is 2.07. The van der Waals surface area contributed by atoms with Crippen LogP contribution in [0.4, 0.5) is 8.78 Å². The van der Waals surface area contributed by atoms with Crippen molar-refractivity contribution in [1.29, 1.82) is 0 Å². The lowest BCUT2D eigenvalue weighted by Gasteiger charge is -2.17. The Bertz CT molecular complexity index is 364. The standard InChI is InChI=1S/C14H22F2O3Si/c1-3-17-14(18-4-2)19-20-7-5-6-11-8-12(15)10-13(16)9-11/h8-10,14H,3-7,20H2,1-2H3. The van der Waals surface area contributed by atoms with E-state index in [0.29, 0.717) is 25.2 Å². The number of halogens is 2. The quantitative estimate of drug-likeness (QED) is 0.378. The molecule has 0 amide bonds. The van der Waals surface area contributed by atoms with E-state index in [9.17, 15) is 8.78 Å². The molecule has 0 saturated heterocycles. The van der Waals surface area contributed by atoms with Crippen molar-refractivity contribution < 1.29 is 22.7 Å². The highest BCUT2D eigenvalue weighted by Crippen LogP contribution is 2.11. The first kappa shape index (κ1) is 17.2. The Balaban J connectivity index is 2.20. The first-order valence-electron chi connectivity index (χ1n) is 6.95. The maximum absolute atomic E-state index is 13.0. The van der Waals surface area contributed by atoms with Crippen LogP contribution in [0, 0.1) is 11.6 Å². The highest BCUT2D eigenvalue weighted by atomic mass is 28.2. The molecule has 0 fully saturated rings. The van der Waals surface area contributed by atoms with Gasteiger partial charge in [-0.25, -0.2) is 8.78 Å². The molecule has 20 heavy (non-hydrogen) atoms. The molecule has 0 aliphatic rings. The second-order valence-electron chi connectivity index (χ2n) is 4.30. The average molecular weight is 304 g/mol. The van der Waals surface area contributed by atoms with Crippen molar-refractivity contribution in [3.63, 3.8) is 0 Å². The summed E-state index contributed by atoms with van der Waals surface area (Å²) in [5.74, 6) is -1.05. The Hall–Kier alpha value is -0.823. The fraction of sp³-hybridized carbons (Fsp3) is 0.571. The van der Waals surface area contributed by atoms with Crippen LogP contribution >= 0.6 is 0 Å². The second-order valence-corrected chi connectivity index (χ2v) is 5.75. The summed E-state index contributed by atoms with van der Waals surface area (Å²) < 4.78 is 42.1. The van der Waals surface area contributed by atoms with Crippen LogP contribution in [0.3, 0.4) is 0 Å². The van der Waals surface area contributed by atoms with Crippen LogP contribution in [0.25, 0.3) is 0 Å². The molecule has 0 aliphatic heterocycles. The Morgan fingerprint density at radius 2 is 1.65 bits per heavy atom. The van der Waals surface area contributed by atoms with Gasteiger partial charge in [-0.15, -0.1) is 0 Å². The van der Waals surface area contributed by atoms with Crippen LogP contribution in [0.1, 0.15) is 25.8 Å². The molecule has 0 N–H and O–H groups in total. The van der Waals surface area contributed by atoms with Crippen molar-refractivity contribution in [2.75, 3.05) is 13.2 Å². The van der Waals surface area contributed by atoms with Gasteiger partial charge in [0.2, 0.25) is 0 Å². The highest BCUT2D eigenvalue weighted by molar-refractivity contribution is 6.27. The second kappa shape index (κ2) is 9.98. The van der Waals surface area contributed by atoms with Gasteiger partial charge in [0.15, 0.2) is 9.76 Å². The predicted octanol–water partition coefficient (Wildman–Crippen LogP) is 2.77. The van der Waals surface area contributed by atoms with Crippen LogP contribution < -0.4 is 0 Å². The normalized spacial score (nSPS) is 11.8. The Morgan fingerprint density at radius 1 is 1.05 bits per heavy atom. The number of benzene rings is 1. The molecule has 1 aromatic carbocycles. The monoisotopic (exact) mass is 304 g/mol. The molecule has 1 rings (SSSR count). The molecule has 0 radical (unpaired) electrons. The largest absolute Gasteiger partial charge is 0.379 e. The molecular weight excluding hydrogens is 282 g/mol. The van der Waals surface area contributed by atoms with E-state index in [-0.39, 0.29) is 0 Å². The lowest BCUT2D eigenvalue weighted by molar-refractivity contribution is -0.243. The summed E-state index contributed by atoms with van der Waals surface area (Å²) in [6.07, 6.45) is 1.50. The average Bonchev–Trinajstić information content (AvgIpc) is 2.37. The third-order valence-electron chi connectivity index (χ3n) is 2.64. The maximum atomic E-state index is 13.0. The van der Waals surface area contributed by atoms with Gasteiger partial charge in [-0.05, 0) is 44.0 Å². The van der Waals surface area contributed by atoms with E-state index in [4.69, 9.17) is 13.9 Å². The van der Waals surface area contributed by atoms with Crippen molar-refractivity contribution in [3.05, 3.63) is 35.4 Å². The number of aryl methyl sites for hydroxylation is 1. The molecule has 6 heteroatoms. The van der Waals surface area contributed by atoms with Gasteiger partial charge in [0, 0.05) is 19.3 Å². The first-order chi connectivity index (χ1) is 9.65. The predicted molar refractivity (Wildman–Crippen MR) is 76.2 cm³/mol. The Kier molecular flexibility index (Phi) is 8.60. The third kappa shape index (κ3) is 7.09. The lowest BCUT2D eigenvalue weighted by Crippen LogP contribution is -2.23. The van der Waals surface area contributed by atoms with E-state index < -0.39 is 27.9 Å². The lowest BCUT2D eigenvalue weighted by atomic mass is 10.1.